The molecule has 0 spiro atoms. The minimum atomic E-state index is 0.0625. The summed E-state index contributed by atoms with van der Waals surface area (Å²) in [7, 11) is 0. The zero-order valence-corrected chi connectivity index (χ0v) is 14.1. The fourth-order valence-corrected chi connectivity index (χ4v) is 2.89. The number of ketones is 1. The molecule has 23 heavy (non-hydrogen) atoms. The molecule has 1 heterocycles. The zero-order valence-electron chi connectivity index (χ0n) is 12.5. The summed E-state index contributed by atoms with van der Waals surface area (Å²) >= 11 is 12.4. The maximum Gasteiger partial charge on any atom is 0.249 e. The molecule has 0 amide bonds. The number of rotatable bonds is 4. The minimum Gasteiger partial charge on any atom is -0.295 e. The molecule has 0 radical (unpaired) electrons. The Morgan fingerprint density at radius 1 is 1.09 bits per heavy atom. The van der Waals surface area contributed by atoms with E-state index in [1.807, 2.05) is 70.3 Å². The maximum atomic E-state index is 11.3. The third-order valence-corrected chi connectivity index (χ3v) is 4.37. The molecule has 0 saturated heterocycles. The molecule has 0 aliphatic carbocycles. The number of imidazole rings is 1. The Morgan fingerprint density at radius 2 is 1.74 bits per heavy atom. The summed E-state index contributed by atoms with van der Waals surface area (Å²) in [5.41, 5.74) is 2.58. The van der Waals surface area contributed by atoms with Crippen molar-refractivity contribution in [3.8, 4) is 5.69 Å². The van der Waals surface area contributed by atoms with E-state index in [1.165, 1.54) is 0 Å². The van der Waals surface area contributed by atoms with Gasteiger partial charge in [0.2, 0.25) is 6.33 Å². The summed E-state index contributed by atoms with van der Waals surface area (Å²) in [5, 5.41) is 1.31. The van der Waals surface area contributed by atoms with E-state index < -0.39 is 0 Å². The molecule has 116 valence electrons. The van der Waals surface area contributed by atoms with E-state index in [9.17, 15) is 4.79 Å². The second-order valence-corrected chi connectivity index (χ2v) is 6.11. The Balaban J connectivity index is 1.84. The van der Waals surface area contributed by atoms with Gasteiger partial charge >= 0.3 is 0 Å². The molecule has 5 heteroatoms. The number of hydrogen-bond donors (Lipinski definition) is 0. The number of halogens is 2. The van der Waals surface area contributed by atoms with Crippen LogP contribution >= 0.6 is 23.2 Å². The van der Waals surface area contributed by atoms with Crippen LogP contribution in [0.25, 0.3) is 5.69 Å². The first kappa shape index (κ1) is 15.8. The normalized spacial score (nSPS) is 10.7. The Labute approximate surface area is 144 Å². The second kappa shape index (κ2) is 6.57. The van der Waals surface area contributed by atoms with Gasteiger partial charge in [-0.25, -0.2) is 9.13 Å². The van der Waals surface area contributed by atoms with Crippen molar-refractivity contribution in [2.24, 2.45) is 0 Å². The summed E-state index contributed by atoms with van der Waals surface area (Å²) < 4.78 is 3.99. The van der Waals surface area contributed by atoms with Crippen LogP contribution in [-0.2, 0) is 6.54 Å². The van der Waals surface area contributed by atoms with Gasteiger partial charge in [0.1, 0.15) is 24.6 Å². The van der Waals surface area contributed by atoms with Gasteiger partial charge in [0, 0.05) is 21.2 Å². The van der Waals surface area contributed by atoms with Gasteiger partial charge in [0.15, 0.2) is 5.78 Å². The Morgan fingerprint density at radius 3 is 2.35 bits per heavy atom. The van der Waals surface area contributed by atoms with Crippen LogP contribution in [0.3, 0.4) is 0 Å². The minimum absolute atomic E-state index is 0.0625. The molecule has 0 aliphatic heterocycles. The van der Waals surface area contributed by atoms with Crippen molar-refractivity contribution in [3.63, 3.8) is 0 Å². The molecule has 0 aliphatic rings. The predicted molar refractivity (Wildman–Crippen MR) is 91.5 cm³/mol. The lowest BCUT2D eigenvalue weighted by Crippen LogP contribution is -2.31. The van der Waals surface area contributed by atoms with E-state index in [0.717, 1.165) is 11.3 Å². The average Bonchev–Trinajstić information content (AvgIpc) is 3.00. The molecule has 0 unspecified atom stereocenters. The molecule has 0 bridgehead atoms. The average molecular weight is 346 g/mol. The number of benzene rings is 2. The second-order valence-electron chi connectivity index (χ2n) is 5.30. The lowest BCUT2D eigenvalue weighted by molar-refractivity contribution is -0.687. The van der Waals surface area contributed by atoms with E-state index >= 15 is 0 Å². The first-order chi connectivity index (χ1) is 11.0. The molecule has 0 saturated carbocycles. The van der Waals surface area contributed by atoms with Crippen molar-refractivity contribution in [2.45, 2.75) is 13.5 Å². The largest absolute Gasteiger partial charge is 0.295 e. The Kier molecular flexibility index (Phi) is 4.51. The Hall–Kier alpha value is -2.10. The summed E-state index contributed by atoms with van der Waals surface area (Å²) in [5.74, 6) is 0.0625. The number of aromatic nitrogens is 2. The van der Waals surface area contributed by atoms with Crippen LogP contribution in [0, 0.1) is 0 Å². The van der Waals surface area contributed by atoms with Gasteiger partial charge in [-0.1, -0.05) is 29.3 Å². The quantitative estimate of drug-likeness (QED) is 0.510. The summed E-state index contributed by atoms with van der Waals surface area (Å²) in [6.45, 7) is 2.16. The predicted octanol–water partition coefficient (Wildman–Crippen LogP) is 4.32. The summed E-state index contributed by atoms with van der Waals surface area (Å²) in [4.78, 5) is 11.3. The fourth-order valence-electron chi connectivity index (χ4n) is 2.37. The van der Waals surface area contributed by atoms with Crippen LogP contribution in [0.4, 0.5) is 0 Å². The van der Waals surface area contributed by atoms with Gasteiger partial charge in [0.05, 0.1) is 0 Å². The highest BCUT2D eigenvalue weighted by Crippen LogP contribution is 2.23. The Bertz CT molecular complexity index is 833. The zero-order chi connectivity index (χ0) is 16.4. The van der Waals surface area contributed by atoms with Crippen molar-refractivity contribution in [1.82, 2.24) is 4.57 Å². The molecule has 3 rings (SSSR count). The first-order valence-corrected chi connectivity index (χ1v) is 7.91. The lowest BCUT2D eigenvalue weighted by atomic mass is 10.1. The van der Waals surface area contributed by atoms with E-state index in [1.54, 1.807) is 6.92 Å². The van der Waals surface area contributed by atoms with E-state index in [-0.39, 0.29) is 5.78 Å². The molecule has 3 nitrogen and oxygen atoms in total. The molecule has 0 fully saturated rings. The number of nitrogens with zero attached hydrogens (tertiary/aromatic N) is 2. The van der Waals surface area contributed by atoms with Crippen molar-refractivity contribution in [2.75, 3.05) is 0 Å². The highest BCUT2D eigenvalue weighted by atomic mass is 35.5. The first-order valence-electron chi connectivity index (χ1n) is 7.16. The number of Topliss-reactive ketones (excluding diaryl/α,β-unsaturated/α-hetero) is 1. The highest BCUT2D eigenvalue weighted by Gasteiger charge is 2.12. The van der Waals surface area contributed by atoms with Crippen LogP contribution in [0.1, 0.15) is 22.8 Å². The van der Waals surface area contributed by atoms with E-state index in [0.29, 0.717) is 22.2 Å². The van der Waals surface area contributed by atoms with Crippen LogP contribution in [0.15, 0.2) is 61.2 Å². The molecule has 2 aromatic carbocycles. The monoisotopic (exact) mass is 345 g/mol. The summed E-state index contributed by atoms with van der Waals surface area (Å²) in [6, 6.07) is 13.0. The molecular formula is C18H15Cl2N2O+. The van der Waals surface area contributed by atoms with Gasteiger partial charge in [-0.15, -0.1) is 0 Å². The van der Waals surface area contributed by atoms with Gasteiger partial charge < -0.3 is 0 Å². The van der Waals surface area contributed by atoms with Crippen LogP contribution in [0.2, 0.25) is 10.0 Å². The van der Waals surface area contributed by atoms with Crippen molar-refractivity contribution in [3.05, 3.63) is 82.4 Å². The third kappa shape index (κ3) is 3.46. The van der Waals surface area contributed by atoms with Gasteiger partial charge in [-0.05, 0) is 43.3 Å². The smallest absolute Gasteiger partial charge is 0.249 e. The number of carbonyl (C=O) groups is 1. The summed E-state index contributed by atoms with van der Waals surface area (Å²) in [6.07, 6.45) is 5.87. The lowest BCUT2D eigenvalue weighted by Gasteiger charge is -2.03. The SMILES string of the molecule is CC(=O)c1ccc(-n2cc[n+](Cc3c(Cl)cccc3Cl)c2)cc1. The molecule has 0 N–H and O–H groups in total. The third-order valence-electron chi connectivity index (χ3n) is 3.67. The van der Waals surface area contributed by atoms with Crippen molar-refractivity contribution >= 4 is 29.0 Å². The van der Waals surface area contributed by atoms with Crippen molar-refractivity contribution < 1.29 is 9.36 Å². The number of hydrogen-bond acceptors (Lipinski definition) is 1. The molecular weight excluding hydrogens is 331 g/mol. The molecule has 3 aromatic rings. The van der Waals surface area contributed by atoms with Crippen LogP contribution < -0.4 is 4.57 Å². The standard InChI is InChI=1S/C18H15Cl2N2O/c1-13(23)14-5-7-15(8-6-14)22-10-9-21(12-22)11-16-17(19)3-2-4-18(16)20/h2-10,12H,11H2,1H3/q+1. The topological polar surface area (TPSA) is 25.9 Å². The van der Waals surface area contributed by atoms with E-state index in [2.05, 4.69) is 0 Å². The van der Waals surface area contributed by atoms with Gasteiger partial charge in [0.25, 0.3) is 0 Å². The molecule has 0 atom stereocenters. The van der Waals surface area contributed by atoms with Crippen LogP contribution in [0.5, 0.6) is 0 Å². The van der Waals surface area contributed by atoms with Crippen LogP contribution in [-0.4, -0.2) is 10.4 Å². The maximum absolute atomic E-state index is 11.3. The fraction of sp³-hybridized carbons (Fsp3) is 0.111. The van der Waals surface area contributed by atoms with Gasteiger partial charge in [-0.2, -0.15) is 0 Å². The number of carbonyl (C=O) groups excluding carboxylic acids is 1. The van der Waals surface area contributed by atoms with E-state index in [4.69, 9.17) is 23.2 Å². The highest BCUT2D eigenvalue weighted by molar-refractivity contribution is 6.35. The molecule has 1 aromatic heterocycles. The van der Waals surface area contributed by atoms with Crippen molar-refractivity contribution in [1.29, 1.82) is 0 Å². The van der Waals surface area contributed by atoms with Gasteiger partial charge in [-0.3, -0.25) is 4.79 Å².